The Balaban J connectivity index is 0.000000561. The number of benzene rings is 1. The molecule has 1 aromatic carbocycles. The van der Waals surface area contributed by atoms with Gasteiger partial charge in [0.2, 0.25) is 0 Å². The van der Waals surface area contributed by atoms with Gasteiger partial charge in [0.1, 0.15) is 0 Å². The predicted molar refractivity (Wildman–Crippen MR) is 45.1 cm³/mol. The number of nitrogens with zero attached hydrogens (tertiary/aromatic N) is 1. The molecule has 1 rings (SSSR count). The summed E-state index contributed by atoms with van der Waals surface area (Å²) in [6.45, 7) is 1.73. The molecule has 1 N–H and O–H groups in total. The van der Waals surface area contributed by atoms with Crippen LogP contribution in [0.3, 0.4) is 0 Å². The molecule has 0 aromatic heterocycles. The summed E-state index contributed by atoms with van der Waals surface area (Å²) in [5.41, 5.74) is 1.41. The number of halogens is 1. The fourth-order valence-corrected chi connectivity index (χ4v) is 0.672. The molecular weight excluding hydrogens is 268 g/mol. The van der Waals surface area contributed by atoms with E-state index in [1.807, 2.05) is 18.2 Å². The van der Waals surface area contributed by atoms with Crippen LogP contribution in [-0.4, -0.2) is 10.9 Å². The van der Waals surface area contributed by atoms with E-state index in [-0.39, 0.29) is 0 Å². The van der Waals surface area contributed by atoms with Gasteiger partial charge in [-0.2, -0.15) is 0 Å². The third-order valence-corrected chi connectivity index (χ3v) is 1.25. The maximum absolute atomic E-state index is 8.36. The Kier molecular flexibility index (Phi) is 7.08. The van der Waals surface area contributed by atoms with E-state index in [9.17, 15) is 0 Å². The first-order valence-corrected chi connectivity index (χ1v) is 5.12. The maximum atomic E-state index is 8.36. The van der Waals surface area contributed by atoms with Crippen molar-refractivity contribution in [2.24, 2.45) is 5.16 Å². The first-order valence-electron chi connectivity index (χ1n) is 3.12. The molecule has 0 aliphatic rings. The average molecular weight is 276 g/mol. The van der Waals surface area contributed by atoms with E-state index in [1.165, 1.54) is 0 Å². The van der Waals surface area contributed by atoms with Crippen molar-refractivity contribution in [3.63, 3.8) is 0 Å². The molecule has 0 bridgehead atoms. The molecule has 0 amide bonds. The molecule has 68 valence electrons. The Morgan fingerprint density at radius 1 is 1.58 bits per heavy atom. The summed E-state index contributed by atoms with van der Waals surface area (Å²) in [6.07, 6.45) is 0. The van der Waals surface area contributed by atoms with Gasteiger partial charge in [-0.15, -0.1) is 41.1 Å². The Hall–Kier alpha value is -0.358. The summed E-state index contributed by atoms with van der Waals surface area (Å²) in [4.78, 5) is 0. The van der Waals surface area contributed by atoms with Crippen LogP contribution in [-0.2, 0) is 18.2 Å². The Morgan fingerprint density at radius 3 is 2.67 bits per heavy atom. The third kappa shape index (κ3) is 3.87. The van der Waals surface area contributed by atoms with Crippen LogP contribution in [0.1, 0.15) is 12.5 Å². The van der Waals surface area contributed by atoms with Gasteiger partial charge in [-0.05, 0) is 0 Å². The summed E-state index contributed by atoms with van der Waals surface area (Å²) in [5.74, 6) is 0. The number of hydrogen-bond donors (Lipinski definition) is 1. The van der Waals surface area contributed by atoms with Crippen LogP contribution in [0.2, 0.25) is 0 Å². The topological polar surface area (TPSA) is 32.6 Å². The van der Waals surface area contributed by atoms with Crippen molar-refractivity contribution in [1.29, 1.82) is 0 Å². The van der Waals surface area contributed by atoms with Crippen LogP contribution in [0.25, 0.3) is 0 Å². The molecule has 0 aliphatic heterocycles. The number of oxime groups is 1. The minimum atomic E-state index is 0.584. The summed E-state index contributed by atoms with van der Waals surface area (Å²) < 4.78 is 0. The molecule has 0 saturated heterocycles. The van der Waals surface area contributed by atoms with Crippen LogP contribution in [0.5, 0.6) is 0 Å². The predicted octanol–water partition coefficient (Wildman–Crippen LogP) is 2.37. The molecule has 0 radical (unpaired) electrons. The van der Waals surface area contributed by atoms with Crippen molar-refractivity contribution < 1.29 is 23.4 Å². The van der Waals surface area contributed by atoms with Gasteiger partial charge < -0.3 is 5.21 Å². The van der Waals surface area contributed by atoms with Crippen molar-refractivity contribution in [2.45, 2.75) is 6.92 Å². The van der Waals surface area contributed by atoms with Gasteiger partial charge >= 0.3 is 27.7 Å². The van der Waals surface area contributed by atoms with Crippen molar-refractivity contribution in [3.05, 3.63) is 35.9 Å². The molecule has 0 atom stereocenters. The van der Waals surface area contributed by atoms with Crippen molar-refractivity contribution in [2.75, 3.05) is 0 Å². The Labute approximate surface area is 86.6 Å². The zero-order valence-corrected chi connectivity index (χ0v) is 8.71. The van der Waals surface area contributed by atoms with Gasteiger partial charge in [0.25, 0.3) is 0 Å². The van der Waals surface area contributed by atoms with Gasteiger partial charge in [0.05, 0.1) is 0 Å². The summed E-state index contributed by atoms with van der Waals surface area (Å²) >= 11 is 2.22. The fourth-order valence-electron chi connectivity index (χ4n) is 0.672. The van der Waals surface area contributed by atoms with Gasteiger partial charge in [0, 0.05) is 5.71 Å². The van der Waals surface area contributed by atoms with Crippen LogP contribution in [0.4, 0.5) is 0 Å². The fraction of sp³-hybridized carbons (Fsp3) is 0.125. The second-order valence-electron chi connectivity index (χ2n) is 1.96. The molecule has 2 nitrogen and oxygen atoms in total. The molecule has 0 saturated carbocycles. The zero-order chi connectivity index (χ0) is 9.40. The van der Waals surface area contributed by atoms with Gasteiger partial charge in [-0.25, -0.2) is 0 Å². The molecule has 4 heteroatoms. The van der Waals surface area contributed by atoms with E-state index in [1.54, 1.807) is 13.0 Å². The SMILES string of the molecule is C/C(=N\O)c1[c-]cccc1.[Cl][Pd+]. The van der Waals surface area contributed by atoms with E-state index in [4.69, 9.17) is 5.21 Å². The number of rotatable bonds is 1. The first-order chi connectivity index (χ1) is 5.84. The van der Waals surface area contributed by atoms with E-state index in [0.29, 0.717) is 5.71 Å². The van der Waals surface area contributed by atoms with Crippen molar-refractivity contribution >= 4 is 15.2 Å². The van der Waals surface area contributed by atoms with Gasteiger partial charge in [0.15, 0.2) is 0 Å². The monoisotopic (exact) mass is 275 g/mol. The van der Waals surface area contributed by atoms with E-state index in [0.717, 1.165) is 5.56 Å². The molecular formula is C8H8ClNOPd. The summed E-state index contributed by atoms with van der Waals surface area (Å²) in [5, 5.41) is 11.4. The molecule has 12 heavy (non-hydrogen) atoms. The van der Waals surface area contributed by atoms with Crippen molar-refractivity contribution in [1.82, 2.24) is 0 Å². The normalized spacial score (nSPS) is 10.2. The first kappa shape index (κ1) is 11.6. The zero-order valence-electron chi connectivity index (χ0n) is 6.40. The van der Waals surface area contributed by atoms with Crippen LogP contribution in [0.15, 0.2) is 29.4 Å². The van der Waals surface area contributed by atoms with E-state index >= 15 is 0 Å². The standard InChI is InChI=1S/C8H8NO.ClH.Pd/c1-7(9-10)8-5-3-2-4-6-8;;/h2-5,10H,1H3;1H;/q-1;;+2/p-1/b9-7+;;. The second-order valence-corrected chi connectivity index (χ2v) is 1.96. The molecule has 0 aliphatic carbocycles. The van der Waals surface area contributed by atoms with E-state index < -0.39 is 0 Å². The van der Waals surface area contributed by atoms with Gasteiger partial charge in [-0.3, -0.25) is 0 Å². The Morgan fingerprint density at radius 2 is 2.25 bits per heavy atom. The molecule has 0 fully saturated rings. The van der Waals surface area contributed by atoms with Gasteiger partial charge in [-0.1, -0.05) is 6.92 Å². The molecule has 0 unspecified atom stereocenters. The summed E-state index contributed by atoms with van der Waals surface area (Å²) in [6, 6.07) is 10.3. The quantitative estimate of drug-likeness (QED) is 0.276. The van der Waals surface area contributed by atoms with Crippen LogP contribution in [0, 0.1) is 6.07 Å². The second kappa shape index (κ2) is 7.30. The summed E-state index contributed by atoms with van der Waals surface area (Å²) in [7, 11) is 4.49. The number of hydrogen-bond acceptors (Lipinski definition) is 2. The molecule has 1 aromatic rings. The molecule has 0 heterocycles. The Bertz CT molecular complexity index is 238. The van der Waals surface area contributed by atoms with Crippen LogP contribution >= 0.6 is 9.53 Å². The minimum absolute atomic E-state index is 0.584. The van der Waals surface area contributed by atoms with E-state index in [2.05, 4.69) is 38.9 Å². The van der Waals surface area contributed by atoms with Crippen LogP contribution < -0.4 is 0 Å². The average Bonchev–Trinajstić information content (AvgIpc) is 2.21. The third-order valence-electron chi connectivity index (χ3n) is 1.25. The molecule has 0 spiro atoms. The van der Waals surface area contributed by atoms with Crippen molar-refractivity contribution in [3.8, 4) is 0 Å².